The van der Waals surface area contributed by atoms with Crippen molar-refractivity contribution in [3.05, 3.63) is 36.1 Å². The number of hydrogen-bond donors (Lipinski definition) is 0. The van der Waals surface area contributed by atoms with Crippen LogP contribution >= 0.6 is 0 Å². The van der Waals surface area contributed by atoms with E-state index in [0.29, 0.717) is 11.6 Å². The molecule has 7 heteroatoms. The minimum absolute atomic E-state index is 0.159. The molecule has 0 radical (unpaired) electrons. The number of rotatable bonds is 8. The predicted octanol–water partition coefficient (Wildman–Crippen LogP) is 2.63. The molecule has 126 valence electrons. The molecule has 1 aromatic heterocycles. The minimum Gasteiger partial charge on any atom is -0.472 e. The van der Waals surface area contributed by atoms with E-state index in [0.717, 1.165) is 5.57 Å². The van der Waals surface area contributed by atoms with Crippen LogP contribution in [0.4, 0.5) is 0 Å². The maximum absolute atomic E-state index is 11.4. The van der Waals surface area contributed by atoms with Crippen LogP contribution in [0.5, 0.6) is 0 Å². The van der Waals surface area contributed by atoms with Crippen LogP contribution in [0, 0.1) is 0 Å². The van der Waals surface area contributed by atoms with Crippen molar-refractivity contribution in [3.8, 4) is 0 Å². The molecule has 0 N–H and O–H groups in total. The van der Waals surface area contributed by atoms with Crippen molar-refractivity contribution >= 4 is 17.7 Å². The lowest BCUT2D eigenvalue weighted by Gasteiger charge is -2.04. The molecule has 0 atom stereocenters. The second-order valence-electron chi connectivity index (χ2n) is 4.90. The first-order valence-corrected chi connectivity index (χ1v) is 7.23. The van der Waals surface area contributed by atoms with Crippen molar-refractivity contribution in [2.24, 2.45) is 0 Å². The third-order valence-corrected chi connectivity index (χ3v) is 2.56. The number of carbonyl (C=O) groups is 1. The molecule has 0 bridgehead atoms. The largest absolute Gasteiger partial charge is 0.472 e. The number of hydrogen-bond acceptors (Lipinski definition) is 6. The number of nitrogens with zero attached hydrogens (tertiary/aromatic N) is 3. The van der Waals surface area contributed by atoms with Crippen molar-refractivity contribution in [1.29, 1.82) is 0 Å². The van der Waals surface area contributed by atoms with Crippen molar-refractivity contribution in [2.45, 2.75) is 33.8 Å². The molecule has 7 nitrogen and oxygen atoms in total. The van der Waals surface area contributed by atoms with Gasteiger partial charge < -0.3 is 14.2 Å². The van der Waals surface area contributed by atoms with Crippen LogP contribution in [-0.4, -0.2) is 40.7 Å². The van der Waals surface area contributed by atoms with Crippen LogP contribution in [-0.2, 0) is 19.0 Å². The third-order valence-electron chi connectivity index (χ3n) is 2.56. The summed E-state index contributed by atoms with van der Waals surface area (Å²) in [5.41, 5.74) is 0.801. The average Bonchev–Trinajstić information content (AvgIpc) is 2.96. The zero-order valence-corrected chi connectivity index (χ0v) is 14.1. The smallest absolute Gasteiger partial charge is 0.332 e. The van der Waals surface area contributed by atoms with Gasteiger partial charge in [-0.05, 0) is 33.8 Å². The molecule has 0 aliphatic carbocycles. The zero-order valence-electron chi connectivity index (χ0n) is 14.1. The average molecular weight is 321 g/mol. The first kappa shape index (κ1) is 18.6. The standard InChI is InChI=1S/C16H23N3O4/c1-6-14(9-13(4)22-11-21-5)16-17-10-19(18-16)8-7-15(20)23-12(2)3/h6-10,12H,11H2,1-5H3. The number of ether oxygens (including phenoxy) is 3. The molecule has 0 saturated heterocycles. The van der Waals surface area contributed by atoms with E-state index in [1.807, 2.05) is 26.0 Å². The normalized spacial score (nSPS) is 13.0. The van der Waals surface area contributed by atoms with Crippen LogP contribution < -0.4 is 0 Å². The van der Waals surface area contributed by atoms with Gasteiger partial charge in [0.2, 0.25) is 0 Å². The molecule has 23 heavy (non-hydrogen) atoms. The fourth-order valence-corrected chi connectivity index (χ4v) is 1.58. The highest BCUT2D eigenvalue weighted by molar-refractivity contribution is 5.85. The lowest BCUT2D eigenvalue weighted by molar-refractivity contribution is -0.141. The van der Waals surface area contributed by atoms with E-state index in [9.17, 15) is 4.79 Å². The summed E-state index contributed by atoms with van der Waals surface area (Å²) in [6, 6.07) is 0. The third kappa shape index (κ3) is 6.92. The highest BCUT2D eigenvalue weighted by Gasteiger charge is 2.06. The van der Waals surface area contributed by atoms with Gasteiger partial charge in [0.15, 0.2) is 12.6 Å². The van der Waals surface area contributed by atoms with E-state index in [1.54, 1.807) is 21.0 Å². The molecule has 0 unspecified atom stereocenters. The highest BCUT2D eigenvalue weighted by atomic mass is 16.7. The highest BCUT2D eigenvalue weighted by Crippen LogP contribution is 2.14. The first-order valence-electron chi connectivity index (χ1n) is 7.23. The van der Waals surface area contributed by atoms with E-state index >= 15 is 0 Å². The van der Waals surface area contributed by atoms with Gasteiger partial charge in [-0.25, -0.2) is 14.5 Å². The fraction of sp³-hybridized carbons (Fsp3) is 0.438. The molecule has 0 fully saturated rings. The van der Waals surface area contributed by atoms with E-state index in [4.69, 9.17) is 14.2 Å². The van der Waals surface area contributed by atoms with Crippen LogP contribution in [0.3, 0.4) is 0 Å². The maximum Gasteiger partial charge on any atom is 0.332 e. The van der Waals surface area contributed by atoms with E-state index < -0.39 is 5.97 Å². The molecule has 0 aliphatic rings. The summed E-state index contributed by atoms with van der Waals surface area (Å²) in [5, 5.41) is 4.28. The fourth-order valence-electron chi connectivity index (χ4n) is 1.58. The van der Waals surface area contributed by atoms with Crippen LogP contribution in [0.1, 0.15) is 33.5 Å². The zero-order chi connectivity index (χ0) is 17.2. The topological polar surface area (TPSA) is 75.5 Å². The Morgan fingerprint density at radius 3 is 2.78 bits per heavy atom. The summed E-state index contributed by atoms with van der Waals surface area (Å²) in [7, 11) is 1.56. The van der Waals surface area contributed by atoms with Crippen molar-refractivity contribution in [2.75, 3.05) is 13.9 Å². The van der Waals surface area contributed by atoms with Gasteiger partial charge in [0, 0.05) is 25.0 Å². The Morgan fingerprint density at radius 1 is 1.43 bits per heavy atom. The molecular weight excluding hydrogens is 298 g/mol. The minimum atomic E-state index is -0.424. The summed E-state index contributed by atoms with van der Waals surface area (Å²) in [6.45, 7) is 7.46. The molecule has 0 amide bonds. The second-order valence-corrected chi connectivity index (χ2v) is 4.90. The Labute approximate surface area is 136 Å². The monoisotopic (exact) mass is 321 g/mol. The summed E-state index contributed by atoms with van der Waals surface area (Å²) < 4.78 is 16.6. The number of aromatic nitrogens is 3. The molecule has 1 aromatic rings. The van der Waals surface area contributed by atoms with E-state index in [2.05, 4.69) is 10.1 Å². The Kier molecular flexibility index (Phi) is 7.76. The van der Waals surface area contributed by atoms with Gasteiger partial charge in [0.1, 0.15) is 6.33 Å². The van der Waals surface area contributed by atoms with E-state index in [1.165, 1.54) is 23.3 Å². The summed E-state index contributed by atoms with van der Waals surface area (Å²) in [5.74, 6) is 0.786. The summed E-state index contributed by atoms with van der Waals surface area (Å²) >= 11 is 0. The Morgan fingerprint density at radius 2 is 2.17 bits per heavy atom. The summed E-state index contributed by atoms with van der Waals surface area (Å²) in [6.07, 6.45) is 7.83. The van der Waals surface area contributed by atoms with Crippen LogP contribution in [0.25, 0.3) is 11.8 Å². The van der Waals surface area contributed by atoms with Gasteiger partial charge in [0.25, 0.3) is 0 Å². The van der Waals surface area contributed by atoms with Gasteiger partial charge in [-0.15, -0.1) is 5.10 Å². The SMILES string of the molecule is CC=C(C=C(C)OCOC)c1ncn(C=CC(=O)OC(C)C)n1. The number of methoxy groups -OCH3 is 1. The molecule has 0 aromatic carbocycles. The lowest BCUT2D eigenvalue weighted by atomic mass is 10.2. The lowest BCUT2D eigenvalue weighted by Crippen LogP contribution is -2.08. The second kappa shape index (κ2) is 9.58. The Balaban J connectivity index is 2.77. The van der Waals surface area contributed by atoms with Gasteiger partial charge in [-0.3, -0.25) is 0 Å². The van der Waals surface area contributed by atoms with Crippen LogP contribution in [0.2, 0.25) is 0 Å². The predicted molar refractivity (Wildman–Crippen MR) is 86.9 cm³/mol. The molecule has 1 rings (SSSR count). The molecular formula is C16H23N3O4. The number of carbonyl (C=O) groups excluding carboxylic acids is 1. The van der Waals surface area contributed by atoms with Crippen molar-refractivity contribution in [1.82, 2.24) is 14.8 Å². The molecule has 0 aliphatic heterocycles. The van der Waals surface area contributed by atoms with Crippen molar-refractivity contribution < 1.29 is 19.0 Å². The van der Waals surface area contributed by atoms with E-state index in [-0.39, 0.29) is 12.9 Å². The Bertz CT molecular complexity index is 600. The number of esters is 1. The molecule has 0 spiro atoms. The maximum atomic E-state index is 11.4. The quantitative estimate of drug-likeness (QED) is 0.241. The van der Waals surface area contributed by atoms with Gasteiger partial charge >= 0.3 is 5.97 Å². The first-order chi connectivity index (χ1) is 11.0. The van der Waals surface area contributed by atoms with Gasteiger partial charge in [0.05, 0.1) is 11.9 Å². The van der Waals surface area contributed by atoms with Crippen molar-refractivity contribution in [3.63, 3.8) is 0 Å². The number of allylic oxidation sites excluding steroid dienone is 4. The Hall–Kier alpha value is -2.41. The molecule has 0 saturated carbocycles. The van der Waals surface area contributed by atoms with Gasteiger partial charge in [-0.1, -0.05) is 6.08 Å². The molecule has 1 heterocycles. The van der Waals surface area contributed by atoms with Crippen LogP contribution in [0.15, 0.2) is 30.3 Å². The van der Waals surface area contributed by atoms with Gasteiger partial charge in [-0.2, -0.15) is 0 Å². The summed E-state index contributed by atoms with van der Waals surface area (Å²) in [4.78, 5) is 15.7.